The second-order valence-corrected chi connectivity index (χ2v) is 8.46. The van der Waals surface area contributed by atoms with Crippen molar-refractivity contribution in [1.29, 1.82) is 0 Å². The molecule has 2 N–H and O–H groups in total. The lowest BCUT2D eigenvalue weighted by Crippen LogP contribution is -2.32. The summed E-state index contributed by atoms with van der Waals surface area (Å²) in [4.78, 5) is 23.6. The van der Waals surface area contributed by atoms with Crippen molar-refractivity contribution in [2.45, 2.75) is 16.4 Å². The van der Waals surface area contributed by atoms with Crippen LogP contribution in [0.15, 0.2) is 78.9 Å². The van der Waals surface area contributed by atoms with E-state index in [9.17, 15) is 19.8 Å². The molecule has 166 valence electrons. The zero-order valence-corrected chi connectivity index (χ0v) is 18.5. The van der Waals surface area contributed by atoms with Gasteiger partial charge in [-0.15, -0.1) is 11.8 Å². The molecule has 32 heavy (non-hydrogen) atoms. The number of methoxy groups -OCH3 is 2. The molecule has 1 unspecified atom stereocenters. The van der Waals surface area contributed by atoms with Gasteiger partial charge in [-0.05, 0) is 41.0 Å². The van der Waals surface area contributed by atoms with Crippen LogP contribution in [-0.4, -0.2) is 41.6 Å². The van der Waals surface area contributed by atoms with Gasteiger partial charge in [-0.25, -0.2) is 0 Å². The smallest absolute Gasteiger partial charge is 0.317 e. The van der Waals surface area contributed by atoms with Crippen LogP contribution in [0, 0.1) is 0 Å². The van der Waals surface area contributed by atoms with Crippen molar-refractivity contribution in [3.05, 3.63) is 95.6 Å². The van der Waals surface area contributed by atoms with E-state index >= 15 is 0 Å². The molecule has 7 heteroatoms. The summed E-state index contributed by atoms with van der Waals surface area (Å²) >= 11 is 1.10. The highest BCUT2D eigenvalue weighted by Gasteiger charge is 2.42. The molecule has 0 saturated carbocycles. The highest BCUT2D eigenvalue weighted by atomic mass is 32.2. The molecule has 0 radical (unpaired) electrons. The van der Waals surface area contributed by atoms with Gasteiger partial charge in [-0.2, -0.15) is 0 Å². The van der Waals surface area contributed by atoms with E-state index < -0.39 is 28.4 Å². The van der Waals surface area contributed by atoms with Crippen LogP contribution in [0.4, 0.5) is 0 Å². The minimum absolute atomic E-state index is 0.513. The van der Waals surface area contributed by atoms with Crippen molar-refractivity contribution in [2.75, 3.05) is 14.2 Å². The molecule has 1 atom stereocenters. The summed E-state index contributed by atoms with van der Waals surface area (Å²) in [6.45, 7) is 0. The molecule has 0 amide bonds. The Kier molecular flexibility index (Phi) is 7.43. The Balaban J connectivity index is 2.30. The molecular weight excluding hydrogens is 428 g/mol. The molecule has 0 bridgehead atoms. The van der Waals surface area contributed by atoms with E-state index in [1.807, 2.05) is 78.9 Å². The van der Waals surface area contributed by atoms with Gasteiger partial charge in [0.15, 0.2) is 0 Å². The van der Waals surface area contributed by atoms with Crippen LogP contribution < -0.4 is 9.47 Å². The van der Waals surface area contributed by atoms with Gasteiger partial charge in [0.2, 0.25) is 0 Å². The Morgan fingerprint density at radius 1 is 0.781 bits per heavy atom. The van der Waals surface area contributed by atoms with E-state index in [1.54, 1.807) is 14.2 Å². The predicted octanol–water partition coefficient (Wildman–Crippen LogP) is 4.66. The van der Waals surface area contributed by atoms with Crippen LogP contribution in [0.2, 0.25) is 0 Å². The van der Waals surface area contributed by atoms with Crippen molar-refractivity contribution in [1.82, 2.24) is 0 Å². The van der Waals surface area contributed by atoms with Crippen LogP contribution in [0.1, 0.15) is 23.1 Å². The summed E-state index contributed by atoms with van der Waals surface area (Å²) in [6.07, 6.45) is -0.513. The van der Waals surface area contributed by atoms with E-state index in [0.717, 1.165) is 28.5 Å². The van der Waals surface area contributed by atoms with Gasteiger partial charge in [0.1, 0.15) is 16.7 Å². The molecule has 3 rings (SSSR count). The first-order valence-electron chi connectivity index (χ1n) is 9.87. The molecule has 0 spiro atoms. The van der Waals surface area contributed by atoms with Crippen molar-refractivity contribution in [2.24, 2.45) is 0 Å². The molecule has 0 fully saturated rings. The predicted molar refractivity (Wildman–Crippen MR) is 124 cm³/mol. The summed E-state index contributed by atoms with van der Waals surface area (Å²) in [7, 11) is 3.15. The van der Waals surface area contributed by atoms with Crippen molar-refractivity contribution >= 4 is 23.7 Å². The third kappa shape index (κ3) is 4.89. The topological polar surface area (TPSA) is 93.1 Å². The summed E-state index contributed by atoms with van der Waals surface area (Å²) in [6, 6.07) is 24.2. The Hall–Kier alpha value is -3.45. The number of benzene rings is 3. The highest BCUT2D eigenvalue weighted by Crippen LogP contribution is 2.51. The number of carbonyl (C=O) groups is 2. The maximum Gasteiger partial charge on any atom is 0.317 e. The Morgan fingerprint density at radius 2 is 1.22 bits per heavy atom. The minimum atomic E-state index is -1.18. The van der Waals surface area contributed by atoms with Crippen LogP contribution >= 0.6 is 11.8 Å². The molecule has 0 aromatic heterocycles. The summed E-state index contributed by atoms with van der Waals surface area (Å²) in [5.41, 5.74) is 2.43. The van der Waals surface area contributed by atoms with Gasteiger partial charge in [0, 0.05) is 0 Å². The van der Waals surface area contributed by atoms with E-state index in [-0.39, 0.29) is 0 Å². The fraction of sp³-hybridized carbons (Fsp3) is 0.200. The first kappa shape index (κ1) is 23.2. The lowest BCUT2D eigenvalue weighted by Gasteiger charge is -2.37. The number of hydrogen-bond donors (Lipinski definition) is 2. The lowest BCUT2D eigenvalue weighted by atomic mass is 9.84. The standard InChI is InChI=1S/C25H24O6S/c1-30-20-12-8-18(9-13-20)25(17-6-4-3-5-7-17,19-10-14-21(31-2)15-11-19)32-22(24(28)29)16-23(26)27/h3-15,22H,16H2,1-2H3,(H,26,27)(H,28,29). The van der Waals surface area contributed by atoms with E-state index in [0.29, 0.717) is 11.5 Å². The average molecular weight is 453 g/mol. The zero-order valence-electron chi connectivity index (χ0n) is 17.7. The Morgan fingerprint density at radius 3 is 1.59 bits per heavy atom. The maximum absolute atomic E-state index is 12.1. The second kappa shape index (κ2) is 10.2. The SMILES string of the molecule is COc1ccc(C(SC(CC(=O)O)C(=O)O)(c2ccccc2)c2ccc(OC)cc2)cc1. The average Bonchev–Trinajstić information content (AvgIpc) is 2.82. The van der Waals surface area contributed by atoms with Crippen molar-refractivity contribution in [3.8, 4) is 11.5 Å². The molecule has 3 aromatic carbocycles. The Bertz CT molecular complexity index is 1000. The first-order chi connectivity index (χ1) is 15.4. The molecule has 3 aromatic rings. The summed E-state index contributed by atoms with van der Waals surface area (Å²) in [5.74, 6) is -1.03. The highest BCUT2D eigenvalue weighted by molar-refractivity contribution is 8.01. The van der Waals surface area contributed by atoms with Gasteiger partial charge in [0.05, 0.1) is 25.4 Å². The number of ether oxygens (including phenoxy) is 2. The number of carboxylic acid groups (broad SMARTS) is 2. The first-order valence-corrected chi connectivity index (χ1v) is 10.8. The molecular formula is C25H24O6S. The summed E-state index contributed by atoms with van der Waals surface area (Å²) in [5, 5.41) is 18.1. The maximum atomic E-state index is 12.1. The molecule has 0 saturated heterocycles. The van der Waals surface area contributed by atoms with Crippen LogP contribution in [0.25, 0.3) is 0 Å². The minimum Gasteiger partial charge on any atom is -0.497 e. The van der Waals surface area contributed by atoms with E-state index in [2.05, 4.69) is 0 Å². The molecule has 0 aliphatic carbocycles. The largest absolute Gasteiger partial charge is 0.497 e. The van der Waals surface area contributed by atoms with Gasteiger partial charge >= 0.3 is 11.9 Å². The monoisotopic (exact) mass is 452 g/mol. The second-order valence-electron chi connectivity index (χ2n) is 7.05. The molecule has 0 aliphatic heterocycles. The van der Waals surface area contributed by atoms with Gasteiger partial charge in [-0.3, -0.25) is 9.59 Å². The van der Waals surface area contributed by atoms with Crippen molar-refractivity contribution < 1.29 is 29.3 Å². The quantitative estimate of drug-likeness (QED) is 0.432. The van der Waals surface area contributed by atoms with Crippen molar-refractivity contribution in [3.63, 3.8) is 0 Å². The van der Waals surface area contributed by atoms with Gasteiger partial charge in [0.25, 0.3) is 0 Å². The third-order valence-electron chi connectivity index (χ3n) is 5.13. The molecule has 0 heterocycles. The molecule has 0 aliphatic rings. The number of thioether (sulfide) groups is 1. The fourth-order valence-electron chi connectivity index (χ4n) is 3.58. The zero-order chi connectivity index (χ0) is 23.1. The number of hydrogen-bond acceptors (Lipinski definition) is 5. The fourth-order valence-corrected chi connectivity index (χ4v) is 5.15. The van der Waals surface area contributed by atoms with Gasteiger partial charge in [-0.1, -0.05) is 54.6 Å². The van der Waals surface area contributed by atoms with E-state index in [1.165, 1.54) is 0 Å². The van der Waals surface area contributed by atoms with E-state index in [4.69, 9.17) is 9.47 Å². The number of rotatable bonds is 10. The van der Waals surface area contributed by atoms with Crippen LogP contribution in [0.5, 0.6) is 11.5 Å². The van der Waals surface area contributed by atoms with Gasteiger partial charge < -0.3 is 19.7 Å². The number of aliphatic carboxylic acids is 2. The third-order valence-corrected chi connectivity index (χ3v) is 6.84. The number of carboxylic acids is 2. The normalized spacial score (nSPS) is 12.1. The van der Waals surface area contributed by atoms with Crippen LogP contribution in [0.3, 0.4) is 0 Å². The lowest BCUT2D eigenvalue weighted by molar-refractivity contribution is -0.142. The molecule has 6 nitrogen and oxygen atoms in total. The van der Waals surface area contributed by atoms with Crippen LogP contribution in [-0.2, 0) is 14.3 Å². The summed E-state index contributed by atoms with van der Waals surface area (Å²) < 4.78 is 9.61. The Labute approximate surface area is 190 Å².